The first-order valence-corrected chi connectivity index (χ1v) is 11.3. The van der Waals surface area contributed by atoms with Gasteiger partial charge in [-0.2, -0.15) is 5.26 Å². The minimum atomic E-state index is -1.20. The molecule has 1 aromatic carbocycles. The van der Waals surface area contributed by atoms with Gasteiger partial charge in [0, 0.05) is 6.54 Å². The van der Waals surface area contributed by atoms with Gasteiger partial charge in [-0.3, -0.25) is 14.4 Å². The number of esters is 1. The molecule has 0 radical (unpaired) electrons. The first-order chi connectivity index (χ1) is 16.4. The number of ether oxygens (including phenoxy) is 2. The maximum atomic E-state index is 13.3. The summed E-state index contributed by atoms with van der Waals surface area (Å²) in [6, 6.07) is 6.41. The third kappa shape index (κ3) is 9.88. The zero-order valence-corrected chi connectivity index (χ0v) is 20.9. The van der Waals surface area contributed by atoms with Crippen LogP contribution in [0.5, 0.6) is 0 Å². The fourth-order valence-corrected chi connectivity index (χ4v) is 3.11. The van der Waals surface area contributed by atoms with Crippen molar-refractivity contribution in [3.8, 4) is 6.07 Å². The van der Waals surface area contributed by atoms with Gasteiger partial charge in [-0.25, -0.2) is 4.79 Å². The molecule has 0 fully saturated rings. The second kappa shape index (κ2) is 13.7. The van der Waals surface area contributed by atoms with Crippen LogP contribution in [0.1, 0.15) is 58.2 Å². The highest BCUT2D eigenvalue weighted by atomic mass is 16.6. The van der Waals surface area contributed by atoms with Crippen LogP contribution in [-0.2, 0) is 23.9 Å². The van der Waals surface area contributed by atoms with E-state index in [2.05, 4.69) is 17.2 Å². The van der Waals surface area contributed by atoms with Crippen molar-refractivity contribution in [1.29, 1.82) is 5.26 Å². The molecule has 1 aromatic rings. The number of alkyl carbamates (subject to hydrolysis) is 1. The predicted molar refractivity (Wildman–Crippen MR) is 130 cm³/mol. The molecule has 1 rings (SSSR count). The first-order valence-electron chi connectivity index (χ1n) is 11.3. The summed E-state index contributed by atoms with van der Waals surface area (Å²) in [6.07, 6.45) is 0.726. The molecule has 190 valence electrons. The van der Waals surface area contributed by atoms with Crippen molar-refractivity contribution in [2.24, 2.45) is 0 Å². The van der Waals surface area contributed by atoms with Crippen LogP contribution in [0.4, 0.5) is 4.79 Å². The summed E-state index contributed by atoms with van der Waals surface area (Å²) in [6.45, 7) is 11.7. The molecule has 2 atom stereocenters. The number of hydrogen-bond acceptors (Lipinski definition) is 7. The number of hydrogen-bond donors (Lipinski definition) is 2. The molecule has 10 heteroatoms. The van der Waals surface area contributed by atoms with Crippen LogP contribution in [0.15, 0.2) is 30.8 Å². The molecular weight excluding hydrogens is 452 g/mol. The summed E-state index contributed by atoms with van der Waals surface area (Å²) < 4.78 is 10.1. The second-order valence-electron chi connectivity index (χ2n) is 8.62. The van der Waals surface area contributed by atoms with E-state index < -0.39 is 48.1 Å². The highest BCUT2D eigenvalue weighted by molar-refractivity contribution is 5.92. The monoisotopic (exact) mass is 486 g/mol. The number of carbonyl (C=O) groups excluding carboxylic acids is 4. The topological polar surface area (TPSA) is 138 Å². The van der Waals surface area contributed by atoms with Gasteiger partial charge in [0.05, 0.1) is 19.1 Å². The Hall–Kier alpha value is -3.87. The Kier molecular flexibility index (Phi) is 11.5. The smallest absolute Gasteiger partial charge is 0.408 e. The van der Waals surface area contributed by atoms with Crippen LogP contribution in [0.2, 0.25) is 0 Å². The van der Waals surface area contributed by atoms with Crippen LogP contribution < -0.4 is 10.6 Å². The van der Waals surface area contributed by atoms with Crippen molar-refractivity contribution >= 4 is 30.0 Å². The molecule has 0 heterocycles. The molecule has 35 heavy (non-hydrogen) atoms. The van der Waals surface area contributed by atoms with Gasteiger partial charge in [0.2, 0.25) is 11.8 Å². The minimum Gasteiger partial charge on any atom is -0.466 e. The number of nitrogens with zero attached hydrogens (tertiary/aromatic N) is 2. The lowest BCUT2D eigenvalue weighted by Crippen LogP contribution is -2.52. The van der Waals surface area contributed by atoms with E-state index >= 15 is 0 Å². The zero-order valence-electron chi connectivity index (χ0n) is 20.9. The van der Waals surface area contributed by atoms with E-state index in [-0.39, 0.29) is 19.6 Å². The van der Waals surface area contributed by atoms with Crippen molar-refractivity contribution in [1.82, 2.24) is 15.5 Å². The standard InChI is InChI=1S/C25H34N4O6/c1-7-18-10-9-11-19(16-18)21(22(31)27-14-12-20(30)34-8-2)29(15-13-26)23(32)17(3)28-24(33)35-25(4,5)6/h7,9-11,16-17,21H,1,8,12,14-15H2,2-6H3,(H,27,31)(H,28,33). The molecular formula is C25H34N4O6. The summed E-state index contributed by atoms with van der Waals surface area (Å²) in [7, 11) is 0. The fraction of sp³-hybridized carbons (Fsp3) is 0.480. The molecule has 0 saturated carbocycles. The molecule has 0 saturated heterocycles. The molecule has 0 bridgehead atoms. The molecule has 2 N–H and O–H groups in total. The molecule has 0 spiro atoms. The van der Waals surface area contributed by atoms with Crippen LogP contribution in [0.25, 0.3) is 6.08 Å². The van der Waals surface area contributed by atoms with Crippen molar-refractivity contribution in [2.75, 3.05) is 19.7 Å². The molecule has 0 aliphatic carbocycles. The Balaban J connectivity index is 3.23. The number of benzene rings is 1. The Morgan fingerprint density at radius 3 is 2.51 bits per heavy atom. The minimum absolute atomic E-state index is 0.0182. The van der Waals surface area contributed by atoms with Crippen molar-refractivity contribution < 1.29 is 28.7 Å². The Morgan fingerprint density at radius 1 is 1.26 bits per heavy atom. The lowest BCUT2D eigenvalue weighted by molar-refractivity contribution is -0.144. The van der Waals surface area contributed by atoms with Gasteiger partial charge in [0.1, 0.15) is 24.2 Å². The zero-order chi connectivity index (χ0) is 26.6. The Labute approximate surface area is 206 Å². The summed E-state index contributed by atoms with van der Waals surface area (Å²) in [5, 5.41) is 14.5. The van der Waals surface area contributed by atoms with E-state index in [1.54, 1.807) is 58.0 Å². The molecule has 0 aliphatic heterocycles. The molecule has 10 nitrogen and oxygen atoms in total. The molecule has 3 amide bonds. The highest BCUT2D eigenvalue weighted by Crippen LogP contribution is 2.24. The quantitative estimate of drug-likeness (QED) is 0.362. The van der Waals surface area contributed by atoms with Crippen LogP contribution in [0, 0.1) is 11.3 Å². The van der Waals surface area contributed by atoms with Gasteiger partial charge >= 0.3 is 12.1 Å². The summed E-state index contributed by atoms with van der Waals surface area (Å²) >= 11 is 0. The third-order valence-electron chi connectivity index (χ3n) is 4.58. The van der Waals surface area contributed by atoms with Crippen molar-refractivity contribution in [3.05, 3.63) is 42.0 Å². The number of carbonyl (C=O) groups is 4. The number of nitrogens with one attached hydrogen (secondary N) is 2. The number of amides is 3. The molecule has 2 unspecified atom stereocenters. The van der Waals surface area contributed by atoms with Gasteiger partial charge < -0.3 is 25.0 Å². The van der Waals surface area contributed by atoms with Crippen molar-refractivity contribution in [2.45, 2.75) is 58.7 Å². The van der Waals surface area contributed by atoms with Gasteiger partial charge in [-0.1, -0.05) is 30.9 Å². The van der Waals surface area contributed by atoms with E-state index in [0.717, 1.165) is 4.90 Å². The summed E-state index contributed by atoms with van der Waals surface area (Å²) in [5.41, 5.74) is 0.367. The highest BCUT2D eigenvalue weighted by Gasteiger charge is 2.34. The average molecular weight is 487 g/mol. The summed E-state index contributed by atoms with van der Waals surface area (Å²) in [4.78, 5) is 51.4. The second-order valence-corrected chi connectivity index (χ2v) is 8.62. The molecule has 0 aliphatic rings. The molecule has 0 aromatic heterocycles. The number of rotatable bonds is 11. The first kappa shape index (κ1) is 29.2. The van der Waals surface area contributed by atoms with Gasteiger partial charge in [-0.15, -0.1) is 0 Å². The lowest BCUT2D eigenvalue weighted by Gasteiger charge is -2.32. The predicted octanol–water partition coefficient (Wildman–Crippen LogP) is 2.71. The van der Waals surface area contributed by atoms with Crippen molar-refractivity contribution in [3.63, 3.8) is 0 Å². The summed E-state index contributed by atoms with van der Waals surface area (Å²) in [5.74, 6) is -1.73. The maximum absolute atomic E-state index is 13.3. The van der Waals surface area contributed by atoms with E-state index in [0.29, 0.717) is 11.1 Å². The maximum Gasteiger partial charge on any atom is 0.408 e. The lowest BCUT2D eigenvalue weighted by atomic mass is 10.0. The number of nitriles is 1. The fourth-order valence-electron chi connectivity index (χ4n) is 3.11. The van der Waals surface area contributed by atoms with E-state index in [9.17, 15) is 24.4 Å². The Bertz CT molecular complexity index is 963. The van der Waals surface area contributed by atoms with E-state index in [1.807, 2.05) is 6.07 Å². The van der Waals surface area contributed by atoms with Gasteiger partial charge in [0.15, 0.2) is 0 Å². The average Bonchev–Trinajstić information content (AvgIpc) is 2.77. The Morgan fingerprint density at radius 2 is 1.94 bits per heavy atom. The van der Waals surface area contributed by atoms with Gasteiger partial charge in [-0.05, 0) is 51.8 Å². The largest absolute Gasteiger partial charge is 0.466 e. The van der Waals surface area contributed by atoms with E-state index in [1.165, 1.54) is 6.92 Å². The van der Waals surface area contributed by atoms with E-state index in [4.69, 9.17) is 9.47 Å². The van der Waals surface area contributed by atoms with Gasteiger partial charge in [0.25, 0.3) is 0 Å². The van der Waals surface area contributed by atoms with Crippen LogP contribution in [-0.4, -0.2) is 60.1 Å². The third-order valence-corrected chi connectivity index (χ3v) is 4.58. The van der Waals surface area contributed by atoms with Crippen LogP contribution >= 0.6 is 0 Å². The normalized spacial score (nSPS) is 12.3. The SMILES string of the molecule is C=Cc1cccc(C(C(=O)NCCC(=O)OCC)N(CC#N)C(=O)C(C)NC(=O)OC(C)(C)C)c1. The van der Waals surface area contributed by atoms with Crippen LogP contribution in [0.3, 0.4) is 0 Å².